The van der Waals surface area contributed by atoms with Gasteiger partial charge in [0.05, 0.1) is 17.1 Å². The van der Waals surface area contributed by atoms with Crippen molar-refractivity contribution in [1.29, 1.82) is 0 Å². The Bertz CT molecular complexity index is 805. The zero-order chi connectivity index (χ0) is 14.8. The molecule has 3 heteroatoms. The van der Waals surface area contributed by atoms with Crippen molar-refractivity contribution < 1.29 is 0 Å². The molecule has 0 bridgehead atoms. The Labute approximate surface area is 133 Å². The zero-order valence-corrected chi connectivity index (χ0v) is 12.7. The summed E-state index contributed by atoms with van der Waals surface area (Å²) in [6.07, 6.45) is 0. The highest BCUT2D eigenvalue weighted by atomic mass is 32.1. The smallest absolute Gasteiger partial charge is 0.0942 e. The fraction of sp³-hybridized carbons (Fsp3) is 0. The Balaban J connectivity index is 1.92. The summed E-state index contributed by atoms with van der Waals surface area (Å²) in [5.74, 6) is 0. The van der Waals surface area contributed by atoms with E-state index in [1.807, 2.05) is 28.9 Å². The Morgan fingerprint density at radius 1 is 0.773 bits per heavy atom. The van der Waals surface area contributed by atoms with E-state index < -0.39 is 0 Å². The predicted molar refractivity (Wildman–Crippen MR) is 92.3 cm³/mol. The van der Waals surface area contributed by atoms with Crippen molar-refractivity contribution in [2.45, 2.75) is 0 Å². The van der Waals surface area contributed by atoms with Crippen LogP contribution < -0.4 is 0 Å². The molecule has 0 unspecified atom stereocenters. The first-order valence-corrected chi connectivity index (χ1v) is 8.09. The molecule has 2 nitrogen and oxygen atoms in total. The average Bonchev–Trinajstić information content (AvgIpc) is 3.26. The molecule has 22 heavy (non-hydrogen) atoms. The van der Waals surface area contributed by atoms with E-state index >= 15 is 0 Å². The van der Waals surface area contributed by atoms with Crippen LogP contribution in [0.3, 0.4) is 0 Å². The molecule has 0 spiro atoms. The SMILES string of the molecule is c1ccc(-c2cc(-c3ccsc3)nn2-c2ccccc2)cc1. The van der Waals surface area contributed by atoms with Gasteiger partial charge in [-0.2, -0.15) is 16.4 Å². The van der Waals surface area contributed by atoms with E-state index in [-0.39, 0.29) is 0 Å². The van der Waals surface area contributed by atoms with Gasteiger partial charge in [0.1, 0.15) is 0 Å². The fourth-order valence-electron chi connectivity index (χ4n) is 2.51. The van der Waals surface area contributed by atoms with Gasteiger partial charge in [-0.3, -0.25) is 0 Å². The van der Waals surface area contributed by atoms with Crippen LogP contribution in [-0.2, 0) is 0 Å². The molecule has 0 aliphatic carbocycles. The van der Waals surface area contributed by atoms with E-state index in [0.29, 0.717) is 0 Å². The molecule has 4 rings (SSSR count). The molecule has 2 aromatic heterocycles. The van der Waals surface area contributed by atoms with Crippen molar-refractivity contribution in [3.8, 4) is 28.2 Å². The molecule has 0 aliphatic rings. The molecule has 0 atom stereocenters. The molecule has 0 aliphatic heterocycles. The van der Waals surface area contributed by atoms with Crippen molar-refractivity contribution in [3.63, 3.8) is 0 Å². The number of hydrogen-bond donors (Lipinski definition) is 0. The average molecular weight is 302 g/mol. The van der Waals surface area contributed by atoms with Gasteiger partial charge in [-0.15, -0.1) is 0 Å². The van der Waals surface area contributed by atoms with Crippen LogP contribution in [0.1, 0.15) is 0 Å². The molecule has 0 saturated carbocycles. The van der Waals surface area contributed by atoms with Gasteiger partial charge in [-0.1, -0.05) is 48.5 Å². The molecule has 0 fully saturated rings. The normalized spacial score (nSPS) is 10.7. The quantitative estimate of drug-likeness (QED) is 0.504. The van der Waals surface area contributed by atoms with Crippen LogP contribution in [0.4, 0.5) is 0 Å². The Morgan fingerprint density at radius 2 is 1.50 bits per heavy atom. The lowest BCUT2D eigenvalue weighted by molar-refractivity contribution is 0.892. The van der Waals surface area contributed by atoms with Crippen LogP contribution in [0.25, 0.3) is 28.2 Å². The number of aromatic nitrogens is 2. The number of thiophene rings is 1. The molecule has 0 saturated heterocycles. The van der Waals surface area contributed by atoms with Gasteiger partial charge in [0.25, 0.3) is 0 Å². The topological polar surface area (TPSA) is 17.8 Å². The number of nitrogens with zero attached hydrogens (tertiary/aromatic N) is 2. The number of para-hydroxylation sites is 1. The molecular formula is C19H14N2S. The minimum atomic E-state index is 1.00. The van der Waals surface area contributed by atoms with E-state index in [2.05, 4.69) is 59.3 Å². The van der Waals surface area contributed by atoms with Crippen LogP contribution in [-0.4, -0.2) is 9.78 Å². The van der Waals surface area contributed by atoms with Crippen molar-refractivity contribution >= 4 is 11.3 Å². The highest BCUT2D eigenvalue weighted by Crippen LogP contribution is 2.29. The van der Waals surface area contributed by atoms with Crippen LogP contribution in [0.2, 0.25) is 0 Å². The first-order valence-electron chi connectivity index (χ1n) is 7.15. The maximum Gasteiger partial charge on any atom is 0.0942 e. The van der Waals surface area contributed by atoms with Crippen LogP contribution in [0, 0.1) is 0 Å². The predicted octanol–water partition coefficient (Wildman–Crippen LogP) is 5.27. The number of benzene rings is 2. The van der Waals surface area contributed by atoms with Crippen molar-refractivity contribution in [2.75, 3.05) is 0 Å². The summed E-state index contributed by atoms with van der Waals surface area (Å²) in [5.41, 5.74) is 5.51. The first-order chi connectivity index (χ1) is 10.9. The minimum absolute atomic E-state index is 1.00. The van der Waals surface area contributed by atoms with Gasteiger partial charge < -0.3 is 0 Å². The van der Waals surface area contributed by atoms with E-state index in [1.54, 1.807) is 11.3 Å². The van der Waals surface area contributed by atoms with Crippen LogP contribution in [0.15, 0.2) is 83.6 Å². The highest BCUT2D eigenvalue weighted by molar-refractivity contribution is 7.08. The Kier molecular flexibility index (Phi) is 3.33. The van der Waals surface area contributed by atoms with Crippen LogP contribution in [0.5, 0.6) is 0 Å². The summed E-state index contributed by atoms with van der Waals surface area (Å²) < 4.78 is 2.02. The second kappa shape index (κ2) is 5.62. The molecule has 2 heterocycles. The van der Waals surface area contributed by atoms with E-state index in [9.17, 15) is 0 Å². The minimum Gasteiger partial charge on any atom is -0.232 e. The largest absolute Gasteiger partial charge is 0.232 e. The third-order valence-corrected chi connectivity index (χ3v) is 4.28. The summed E-state index contributed by atoms with van der Waals surface area (Å²) in [4.78, 5) is 0. The molecule has 0 radical (unpaired) electrons. The second-order valence-corrected chi connectivity index (χ2v) is 5.82. The van der Waals surface area contributed by atoms with E-state index in [0.717, 1.165) is 22.6 Å². The molecule has 0 N–H and O–H groups in total. The Hall–Kier alpha value is -2.65. The van der Waals surface area contributed by atoms with E-state index in [1.165, 1.54) is 5.56 Å². The van der Waals surface area contributed by atoms with Crippen LogP contribution >= 0.6 is 11.3 Å². The van der Waals surface area contributed by atoms with Gasteiger partial charge in [-0.25, -0.2) is 4.68 Å². The van der Waals surface area contributed by atoms with Gasteiger partial charge in [-0.05, 0) is 29.6 Å². The van der Waals surface area contributed by atoms with Gasteiger partial charge in [0.15, 0.2) is 0 Å². The summed E-state index contributed by atoms with van der Waals surface area (Å²) in [6.45, 7) is 0. The molecule has 0 amide bonds. The molecule has 2 aromatic carbocycles. The van der Waals surface area contributed by atoms with Gasteiger partial charge in [0.2, 0.25) is 0 Å². The van der Waals surface area contributed by atoms with Gasteiger partial charge >= 0.3 is 0 Å². The standard InChI is InChI=1S/C19H14N2S/c1-3-7-15(8-4-1)19-13-18(16-11-12-22-14-16)20-21(19)17-9-5-2-6-10-17/h1-14H. The lowest BCUT2D eigenvalue weighted by Gasteiger charge is -2.07. The monoisotopic (exact) mass is 302 g/mol. The lowest BCUT2D eigenvalue weighted by atomic mass is 10.1. The van der Waals surface area contributed by atoms with Crippen molar-refractivity contribution in [2.24, 2.45) is 0 Å². The second-order valence-electron chi connectivity index (χ2n) is 5.04. The maximum atomic E-state index is 4.82. The summed E-state index contributed by atoms with van der Waals surface area (Å²) in [7, 11) is 0. The first kappa shape index (κ1) is 13.0. The molecular weight excluding hydrogens is 288 g/mol. The lowest BCUT2D eigenvalue weighted by Crippen LogP contribution is -1.98. The summed E-state index contributed by atoms with van der Waals surface area (Å²) >= 11 is 1.69. The zero-order valence-electron chi connectivity index (χ0n) is 11.9. The Morgan fingerprint density at radius 3 is 2.18 bits per heavy atom. The molecule has 4 aromatic rings. The van der Waals surface area contributed by atoms with Crippen molar-refractivity contribution in [1.82, 2.24) is 9.78 Å². The van der Waals surface area contributed by atoms with E-state index in [4.69, 9.17) is 5.10 Å². The number of rotatable bonds is 3. The summed E-state index contributed by atoms with van der Waals surface area (Å²) in [5, 5.41) is 9.04. The fourth-order valence-corrected chi connectivity index (χ4v) is 3.16. The summed E-state index contributed by atoms with van der Waals surface area (Å²) in [6, 6.07) is 24.9. The highest BCUT2D eigenvalue weighted by Gasteiger charge is 2.12. The number of hydrogen-bond acceptors (Lipinski definition) is 2. The third kappa shape index (κ3) is 2.36. The third-order valence-electron chi connectivity index (χ3n) is 3.60. The molecule has 106 valence electrons. The van der Waals surface area contributed by atoms with Gasteiger partial charge in [0, 0.05) is 16.5 Å². The van der Waals surface area contributed by atoms with Crippen molar-refractivity contribution in [3.05, 3.63) is 83.6 Å². The maximum absolute atomic E-state index is 4.82.